The molecule has 118 valence electrons. The monoisotopic (exact) mass is 329 g/mol. The number of ether oxygens (including phenoxy) is 1. The number of hydrogen-bond donors (Lipinski definition) is 1. The van der Waals surface area contributed by atoms with Gasteiger partial charge in [0, 0.05) is 18.0 Å². The summed E-state index contributed by atoms with van der Waals surface area (Å²) in [6.45, 7) is 0.274. The van der Waals surface area contributed by atoms with Crippen LogP contribution in [0.5, 0.6) is 5.75 Å². The predicted molar refractivity (Wildman–Crippen MR) is 85.7 cm³/mol. The van der Waals surface area contributed by atoms with Crippen LogP contribution in [-0.2, 0) is 16.4 Å². The van der Waals surface area contributed by atoms with Crippen molar-refractivity contribution in [2.75, 3.05) is 6.26 Å². The second-order valence-electron chi connectivity index (χ2n) is 5.07. The zero-order valence-corrected chi connectivity index (χ0v) is 13.2. The van der Waals surface area contributed by atoms with E-state index < -0.39 is 9.84 Å². The molecule has 2 aromatic heterocycles. The van der Waals surface area contributed by atoms with Crippen LogP contribution >= 0.6 is 0 Å². The third-order valence-electron chi connectivity index (χ3n) is 3.26. The van der Waals surface area contributed by atoms with E-state index >= 15 is 0 Å². The van der Waals surface area contributed by atoms with E-state index in [1.807, 2.05) is 18.2 Å². The van der Waals surface area contributed by atoms with Crippen LogP contribution in [0.1, 0.15) is 5.56 Å². The highest BCUT2D eigenvalue weighted by Crippen LogP contribution is 2.19. The Bertz CT molecular complexity index is 889. The topological polar surface area (TPSA) is 84.9 Å². The van der Waals surface area contributed by atoms with Gasteiger partial charge >= 0.3 is 0 Å². The summed E-state index contributed by atoms with van der Waals surface area (Å²) in [5, 5.41) is 6.62. The molecular weight excluding hydrogens is 314 g/mol. The van der Waals surface area contributed by atoms with Gasteiger partial charge in [-0.3, -0.25) is 10.1 Å². The molecule has 2 heterocycles. The molecule has 3 aromatic rings. The average molecular weight is 329 g/mol. The maximum atomic E-state index is 11.6. The highest BCUT2D eigenvalue weighted by Gasteiger charge is 2.08. The van der Waals surface area contributed by atoms with Gasteiger partial charge in [0.1, 0.15) is 12.4 Å². The molecule has 0 aliphatic rings. The van der Waals surface area contributed by atoms with Gasteiger partial charge in [0.15, 0.2) is 9.84 Å². The minimum absolute atomic E-state index is 0.274. The number of aromatic nitrogens is 3. The third kappa shape index (κ3) is 3.75. The number of H-pyrrole nitrogens is 1. The Kier molecular flexibility index (Phi) is 4.12. The summed E-state index contributed by atoms with van der Waals surface area (Å²) in [6.07, 6.45) is 6.27. The van der Waals surface area contributed by atoms with Crippen LogP contribution in [-0.4, -0.2) is 29.9 Å². The van der Waals surface area contributed by atoms with Crippen molar-refractivity contribution < 1.29 is 13.2 Å². The fourth-order valence-electron chi connectivity index (χ4n) is 2.06. The summed E-state index contributed by atoms with van der Waals surface area (Å²) < 4.78 is 28.8. The predicted octanol–water partition coefficient (Wildman–Crippen LogP) is 2.45. The Balaban J connectivity index is 1.69. The smallest absolute Gasteiger partial charge is 0.175 e. The van der Waals surface area contributed by atoms with Gasteiger partial charge in [0.05, 0.1) is 23.0 Å². The van der Waals surface area contributed by atoms with Gasteiger partial charge in [-0.25, -0.2) is 8.42 Å². The Morgan fingerprint density at radius 3 is 2.70 bits per heavy atom. The molecule has 23 heavy (non-hydrogen) atoms. The molecule has 0 aliphatic heterocycles. The van der Waals surface area contributed by atoms with Crippen LogP contribution in [0.3, 0.4) is 0 Å². The van der Waals surface area contributed by atoms with Gasteiger partial charge < -0.3 is 4.74 Å². The summed E-state index contributed by atoms with van der Waals surface area (Å²) in [5.41, 5.74) is 2.48. The lowest BCUT2D eigenvalue weighted by atomic mass is 10.2. The first-order valence-corrected chi connectivity index (χ1v) is 8.78. The van der Waals surface area contributed by atoms with Crippen molar-refractivity contribution in [3.63, 3.8) is 0 Å². The van der Waals surface area contributed by atoms with Crippen molar-refractivity contribution in [1.29, 1.82) is 0 Å². The molecule has 0 fully saturated rings. The van der Waals surface area contributed by atoms with Gasteiger partial charge in [-0.15, -0.1) is 0 Å². The third-order valence-corrected chi connectivity index (χ3v) is 4.37. The van der Waals surface area contributed by atoms with Crippen molar-refractivity contribution in [1.82, 2.24) is 15.2 Å². The van der Waals surface area contributed by atoms with E-state index in [1.165, 1.54) is 6.26 Å². The lowest BCUT2D eigenvalue weighted by Gasteiger charge is -2.07. The Morgan fingerprint density at radius 2 is 2.04 bits per heavy atom. The molecule has 0 amide bonds. The van der Waals surface area contributed by atoms with E-state index in [0.29, 0.717) is 5.75 Å². The summed E-state index contributed by atoms with van der Waals surface area (Å²) in [5.74, 6) is 0.613. The van der Waals surface area contributed by atoms with Gasteiger partial charge in [0.2, 0.25) is 0 Å². The zero-order valence-electron chi connectivity index (χ0n) is 12.4. The van der Waals surface area contributed by atoms with Gasteiger partial charge in [-0.05, 0) is 29.8 Å². The molecule has 0 unspecified atom stereocenters. The van der Waals surface area contributed by atoms with Crippen molar-refractivity contribution in [2.24, 2.45) is 0 Å². The quantitative estimate of drug-likeness (QED) is 0.777. The van der Waals surface area contributed by atoms with Crippen molar-refractivity contribution in [2.45, 2.75) is 11.5 Å². The maximum absolute atomic E-state index is 11.6. The molecule has 3 rings (SSSR count). The minimum atomic E-state index is -3.22. The van der Waals surface area contributed by atoms with Gasteiger partial charge in [0.25, 0.3) is 0 Å². The molecule has 0 spiro atoms. The van der Waals surface area contributed by atoms with Crippen LogP contribution in [0.4, 0.5) is 0 Å². The molecule has 7 heteroatoms. The molecule has 1 aromatic carbocycles. The number of pyridine rings is 1. The fourth-order valence-corrected chi connectivity index (χ4v) is 2.75. The van der Waals surface area contributed by atoms with Crippen LogP contribution in [0.25, 0.3) is 11.3 Å². The molecule has 6 nitrogen and oxygen atoms in total. The first-order chi connectivity index (χ1) is 11.0. The Hall–Kier alpha value is -2.67. The number of benzene rings is 1. The Morgan fingerprint density at radius 1 is 1.17 bits per heavy atom. The highest BCUT2D eigenvalue weighted by atomic mass is 32.2. The largest absolute Gasteiger partial charge is 0.487 e. The second kappa shape index (κ2) is 6.21. The summed E-state index contributed by atoms with van der Waals surface area (Å²) in [6, 6.07) is 10.4. The van der Waals surface area contributed by atoms with E-state index in [0.717, 1.165) is 16.8 Å². The van der Waals surface area contributed by atoms with Crippen LogP contribution in [0.2, 0.25) is 0 Å². The second-order valence-corrected chi connectivity index (χ2v) is 7.09. The van der Waals surface area contributed by atoms with Gasteiger partial charge in [-0.1, -0.05) is 12.1 Å². The number of hydrogen-bond acceptors (Lipinski definition) is 5. The van der Waals surface area contributed by atoms with E-state index in [1.54, 1.807) is 36.8 Å². The van der Waals surface area contributed by atoms with Crippen LogP contribution < -0.4 is 4.74 Å². The molecule has 0 aliphatic carbocycles. The SMILES string of the molecule is CS(=O)(=O)c1cccc(COc2ccc(-c3cn[nH]c3)nc2)c1. The molecule has 0 radical (unpaired) electrons. The van der Waals surface area contributed by atoms with Crippen molar-refractivity contribution >= 4 is 9.84 Å². The molecule has 0 saturated carbocycles. The first-order valence-electron chi connectivity index (χ1n) is 6.89. The zero-order chi connectivity index (χ0) is 16.3. The number of aromatic amines is 1. The van der Waals surface area contributed by atoms with Crippen molar-refractivity contribution in [3.8, 4) is 17.0 Å². The molecule has 1 N–H and O–H groups in total. The minimum Gasteiger partial charge on any atom is -0.487 e. The highest BCUT2D eigenvalue weighted by molar-refractivity contribution is 7.90. The number of nitrogens with one attached hydrogen (secondary N) is 1. The molecule has 0 bridgehead atoms. The lowest BCUT2D eigenvalue weighted by Crippen LogP contribution is -2.00. The van der Waals surface area contributed by atoms with E-state index in [2.05, 4.69) is 15.2 Å². The van der Waals surface area contributed by atoms with E-state index in [9.17, 15) is 8.42 Å². The molecule has 0 saturated heterocycles. The maximum Gasteiger partial charge on any atom is 0.175 e. The standard InChI is InChI=1S/C16H15N3O3S/c1-23(20,21)15-4-2-3-12(7-15)11-22-14-5-6-16(17-10-14)13-8-18-19-9-13/h2-10H,11H2,1H3,(H,18,19). The van der Waals surface area contributed by atoms with Crippen molar-refractivity contribution in [3.05, 3.63) is 60.6 Å². The summed E-state index contributed by atoms with van der Waals surface area (Å²) in [4.78, 5) is 4.59. The van der Waals surface area contributed by atoms with E-state index in [-0.39, 0.29) is 11.5 Å². The number of sulfone groups is 1. The van der Waals surface area contributed by atoms with E-state index in [4.69, 9.17) is 4.74 Å². The Labute approximate surface area is 134 Å². The fraction of sp³-hybridized carbons (Fsp3) is 0.125. The molecular formula is C16H15N3O3S. The normalized spacial score (nSPS) is 11.3. The van der Waals surface area contributed by atoms with Gasteiger partial charge in [-0.2, -0.15) is 5.10 Å². The lowest BCUT2D eigenvalue weighted by molar-refractivity contribution is 0.305. The number of rotatable bonds is 5. The summed E-state index contributed by atoms with van der Waals surface area (Å²) >= 11 is 0. The first kappa shape index (κ1) is 15.2. The number of nitrogens with zero attached hydrogens (tertiary/aromatic N) is 2. The van der Waals surface area contributed by atoms with Crippen LogP contribution in [0.15, 0.2) is 59.9 Å². The summed E-state index contributed by atoms with van der Waals surface area (Å²) in [7, 11) is -3.22. The molecule has 0 atom stereocenters. The average Bonchev–Trinajstić information content (AvgIpc) is 3.07. The van der Waals surface area contributed by atoms with Crippen LogP contribution in [0, 0.1) is 0 Å².